The fourth-order valence-electron chi connectivity index (χ4n) is 2.58. The number of piperidine rings is 1. The van der Waals surface area contributed by atoms with Crippen molar-refractivity contribution >= 4 is 17.5 Å². The summed E-state index contributed by atoms with van der Waals surface area (Å²) in [6, 6.07) is 4.08. The molecule has 0 spiro atoms. The minimum absolute atomic E-state index is 0.0490. The van der Waals surface area contributed by atoms with Crippen LogP contribution in [0.1, 0.15) is 23.2 Å². The second kappa shape index (κ2) is 6.55. The van der Waals surface area contributed by atoms with Gasteiger partial charge in [0.15, 0.2) is 0 Å². The van der Waals surface area contributed by atoms with Crippen molar-refractivity contribution in [1.29, 1.82) is 0 Å². The van der Waals surface area contributed by atoms with Gasteiger partial charge in [0.2, 0.25) is 0 Å². The Labute approximate surface area is 124 Å². The molecular formula is C15H20ClFN2O. The molecule has 1 amide bonds. The molecule has 0 unspecified atom stereocenters. The molecule has 3 nitrogen and oxygen atoms in total. The van der Waals surface area contributed by atoms with Gasteiger partial charge in [0.1, 0.15) is 5.82 Å². The van der Waals surface area contributed by atoms with Crippen LogP contribution in [0.5, 0.6) is 0 Å². The first-order valence-corrected chi connectivity index (χ1v) is 7.24. The monoisotopic (exact) mass is 298 g/mol. The quantitative estimate of drug-likeness (QED) is 0.857. The Morgan fingerprint density at radius 3 is 2.75 bits per heavy atom. The topological polar surface area (TPSA) is 23.6 Å². The molecule has 2 rings (SSSR count). The van der Waals surface area contributed by atoms with Gasteiger partial charge in [-0.05, 0) is 57.1 Å². The normalized spacial score (nSPS) is 17.2. The smallest absolute Gasteiger partial charge is 0.256 e. The molecular weight excluding hydrogens is 279 g/mol. The van der Waals surface area contributed by atoms with Gasteiger partial charge in [-0.25, -0.2) is 4.39 Å². The Bertz CT molecular complexity index is 487. The van der Waals surface area contributed by atoms with Crippen molar-refractivity contribution in [2.75, 3.05) is 33.7 Å². The molecule has 0 N–H and O–H groups in total. The molecule has 1 aliphatic rings. The zero-order valence-electron chi connectivity index (χ0n) is 11.9. The van der Waals surface area contributed by atoms with Crippen LogP contribution in [0, 0.1) is 11.7 Å². The summed E-state index contributed by atoms with van der Waals surface area (Å²) >= 11 is 5.83. The first-order chi connectivity index (χ1) is 9.47. The van der Waals surface area contributed by atoms with E-state index in [0.29, 0.717) is 17.5 Å². The maximum Gasteiger partial charge on any atom is 0.256 e. The lowest BCUT2D eigenvalue weighted by atomic mass is 9.96. The van der Waals surface area contributed by atoms with Crippen LogP contribution in [0.3, 0.4) is 0 Å². The maximum atomic E-state index is 13.7. The van der Waals surface area contributed by atoms with E-state index in [9.17, 15) is 9.18 Å². The van der Waals surface area contributed by atoms with Gasteiger partial charge in [-0.1, -0.05) is 11.6 Å². The Morgan fingerprint density at radius 1 is 1.45 bits per heavy atom. The van der Waals surface area contributed by atoms with Crippen LogP contribution in [0.25, 0.3) is 0 Å². The number of rotatable bonds is 3. The average molecular weight is 299 g/mol. The second-order valence-electron chi connectivity index (χ2n) is 5.56. The van der Waals surface area contributed by atoms with Crippen LogP contribution in [0.15, 0.2) is 18.2 Å². The highest BCUT2D eigenvalue weighted by Crippen LogP contribution is 2.20. The summed E-state index contributed by atoms with van der Waals surface area (Å²) < 4.78 is 13.7. The van der Waals surface area contributed by atoms with Gasteiger partial charge in [-0.15, -0.1) is 0 Å². The van der Waals surface area contributed by atoms with E-state index < -0.39 is 5.82 Å². The van der Waals surface area contributed by atoms with E-state index in [1.165, 1.54) is 18.2 Å². The lowest BCUT2D eigenvalue weighted by Crippen LogP contribution is -2.38. The predicted molar refractivity (Wildman–Crippen MR) is 78.6 cm³/mol. The number of carbonyl (C=O) groups excluding carboxylic acids is 1. The zero-order valence-corrected chi connectivity index (χ0v) is 12.7. The van der Waals surface area contributed by atoms with Crippen LogP contribution in [0.4, 0.5) is 4.39 Å². The highest BCUT2D eigenvalue weighted by molar-refractivity contribution is 6.30. The molecule has 1 saturated heterocycles. The second-order valence-corrected chi connectivity index (χ2v) is 5.99. The third-order valence-electron chi connectivity index (χ3n) is 3.88. The van der Waals surface area contributed by atoms with Crippen LogP contribution in [-0.4, -0.2) is 49.4 Å². The summed E-state index contributed by atoms with van der Waals surface area (Å²) in [6.45, 7) is 2.77. The van der Waals surface area contributed by atoms with Crippen molar-refractivity contribution in [2.45, 2.75) is 12.8 Å². The van der Waals surface area contributed by atoms with Gasteiger partial charge >= 0.3 is 0 Å². The predicted octanol–water partition coefficient (Wildman–Crippen LogP) is 2.89. The van der Waals surface area contributed by atoms with Crippen LogP contribution >= 0.6 is 11.6 Å². The van der Waals surface area contributed by atoms with Gasteiger partial charge in [0.05, 0.1) is 5.56 Å². The largest absolute Gasteiger partial charge is 0.341 e. The fourth-order valence-corrected chi connectivity index (χ4v) is 2.75. The number of benzene rings is 1. The minimum atomic E-state index is -0.519. The van der Waals surface area contributed by atoms with E-state index in [-0.39, 0.29) is 11.5 Å². The third kappa shape index (κ3) is 3.70. The van der Waals surface area contributed by atoms with Crippen LogP contribution < -0.4 is 0 Å². The molecule has 0 saturated carbocycles. The summed E-state index contributed by atoms with van der Waals surface area (Å²) in [5.41, 5.74) is 0.0490. The molecule has 0 radical (unpaired) electrons. The van der Waals surface area contributed by atoms with Crippen molar-refractivity contribution in [3.63, 3.8) is 0 Å². The van der Waals surface area contributed by atoms with Gasteiger partial charge in [-0.3, -0.25) is 4.79 Å². The van der Waals surface area contributed by atoms with Crippen molar-refractivity contribution < 1.29 is 9.18 Å². The molecule has 0 bridgehead atoms. The fraction of sp³-hybridized carbons (Fsp3) is 0.533. The lowest BCUT2D eigenvalue weighted by Gasteiger charge is -2.31. The maximum absolute atomic E-state index is 13.7. The standard InChI is InChI=1S/C15H20ClFN2O/c1-18-7-5-11(6-8-18)10-19(2)15(20)13-9-12(16)3-4-14(13)17/h3-4,9,11H,5-8,10H2,1-2H3. The van der Waals surface area contributed by atoms with Gasteiger partial charge < -0.3 is 9.80 Å². The molecule has 1 aromatic rings. The van der Waals surface area contributed by atoms with Crippen LogP contribution in [-0.2, 0) is 0 Å². The van der Waals surface area contributed by atoms with E-state index in [1.54, 1.807) is 11.9 Å². The minimum Gasteiger partial charge on any atom is -0.341 e. The SMILES string of the molecule is CN1CCC(CN(C)C(=O)c2cc(Cl)ccc2F)CC1. The van der Waals surface area contributed by atoms with Gasteiger partial charge in [0, 0.05) is 18.6 Å². The van der Waals surface area contributed by atoms with Crippen molar-refractivity contribution in [3.8, 4) is 0 Å². The van der Waals surface area contributed by atoms with Crippen LogP contribution in [0.2, 0.25) is 5.02 Å². The van der Waals surface area contributed by atoms with E-state index in [2.05, 4.69) is 11.9 Å². The molecule has 1 fully saturated rings. The Balaban J connectivity index is 1.99. The summed E-state index contributed by atoms with van der Waals surface area (Å²) in [7, 11) is 3.83. The molecule has 0 aromatic heterocycles. The molecule has 5 heteroatoms. The van der Waals surface area contributed by atoms with Gasteiger partial charge in [0.25, 0.3) is 5.91 Å². The Kier molecular flexibility index (Phi) is 5.00. The van der Waals surface area contributed by atoms with E-state index >= 15 is 0 Å². The van der Waals surface area contributed by atoms with E-state index in [0.717, 1.165) is 25.9 Å². The third-order valence-corrected chi connectivity index (χ3v) is 4.11. The average Bonchev–Trinajstić information content (AvgIpc) is 2.43. The first kappa shape index (κ1) is 15.3. The number of hydrogen-bond acceptors (Lipinski definition) is 2. The molecule has 0 atom stereocenters. The summed E-state index contributed by atoms with van der Waals surface area (Å²) in [5, 5.41) is 0.377. The van der Waals surface area contributed by atoms with Crippen molar-refractivity contribution in [1.82, 2.24) is 9.80 Å². The number of likely N-dealkylation sites (tertiary alicyclic amines) is 1. The molecule has 1 aromatic carbocycles. The highest BCUT2D eigenvalue weighted by atomic mass is 35.5. The van der Waals surface area contributed by atoms with E-state index in [4.69, 9.17) is 11.6 Å². The summed E-state index contributed by atoms with van der Waals surface area (Å²) in [6.07, 6.45) is 2.15. The zero-order chi connectivity index (χ0) is 14.7. The number of hydrogen-bond donors (Lipinski definition) is 0. The number of carbonyl (C=O) groups is 1. The first-order valence-electron chi connectivity index (χ1n) is 6.86. The number of nitrogens with zero attached hydrogens (tertiary/aromatic N) is 2. The molecule has 20 heavy (non-hydrogen) atoms. The lowest BCUT2D eigenvalue weighted by molar-refractivity contribution is 0.0742. The molecule has 110 valence electrons. The summed E-state index contributed by atoms with van der Waals surface area (Å²) in [4.78, 5) is 16.2. The molecule has 0 aliphatic carbocycles. The van der Waals surface area contributed by atoms with E-state index in [1.807, 2.05) is 0 Å². The summed E-state index contributed by atoms with van der Waals surface area (Å²) in [5.74, 6) is -0.332. The number of amides is 1. The number of halogens is 2. The molecule has 1 heterocycles. The highest BCUT2D eigenvalue weighted by Gasteiger charge is 2.22. The Morgan fingerprint density at radius 2 is 2.10 bits per heavy atom. The van der Waals surface area contributed by atoms with Crippen molar-refractivity contribution in [2.24, 2.45) is 5.92 Å². The van der Waals surface area contributed by atoms with Crippen molar-refractivity contribution in [3.05, 3.63) is 34.6 Å². The Hall–Kier alpha value is -1.13. The molecule has 1 aliphatic heterocycles. The van der Waals surface area contributed by atoms with Gasteiger partial charge in [-0.2, -0.15) is 0 Å².